The number of rotatable bonds is 10. The Morgan fingerprint density at radius 2 is 1.83 bits per heavy atom. The zero-order chi connectivity index (χ0) is 29.6. The quantitative estimate of drug-likeness (QED) is 0.217. The molecule has 0 amide bonds. The summed E-state index contributed by atoms with van der Waals surface area (Å²) in [5.74, 6) is 2.57. The predicted molar refractivity (Wildman–Crippen MR) is 168 cm³/mol. The zero-order valence-corrected chi connectivity index (χ0v) is 24.5. The topological polar surface area (TPSA) is 108 Å². The Bertz CT molecular complexity index is 1660. The molecular weight excluding hydrogens is 524 g/mol. The van der Waals surface area contributed by atoms with Crippen LogP contribution in [0.4, 0.5) is 0 Å². The molecule has 2 aromatic carbocycles. The predicted octanol–water partition coefficient (Wildman–Crippen LogP) is 6.43. The first-order chi connectivity index (χ1) is 20.3. The van der Waals surface area contributed by atoms with Crippen LogP contribution in [0, 0.1) is 16.7 Å². The number of likely N-dealkylation sites (tertiary alicyclic amines) is 1. The van der Waals surface area contributed by atoms with Crippen molar-refractivity contribution in [1.82, 2.24) is 19.4 Å². The summed E-state index contributed by atoms with van der Waals surface area (Å²) in [5.41, 5.74) is 3.12. The van der Waals surface area contributed by atoms with E-state index in [4.69, 9.17) is 25.5 Å². The lowest BCUT2D eigenvalue weighted by Crippen LogP contribution is -2.33. The lowest BCUT2D eigenvalue weighted by molar-refractivity contribution is 0.219. The van der Waals surface area contributed by atoms with Gasteiger partial charge in [0.1, 0.15) is 17.3 Å². The number of allylic oxidation sites excluding steroid dienone is 2. The maximum Gasteiger partial charge on any atom is 0.250 e. The van der Waals surface area contributed by atoms with Gasteiger partial charge in [-0.3, -0.25) is 4.79 Å². The molecule has 0 radical (unpaired) electrons. The first-order valence-electron chi connectivity index (χ1n) is 14.6. The lowest BCUT2D eigenvalue weighted by atomic mass is 9.96. The summed E-state index contributed by atoms with van der Waals surface area (Å²) in [5, 5.41) is 17.3. The van der Waals surface area contributed by atoms with E-state index in [1.807, 2.05) is 62.5 Å². The normalized spacial score (nSPS) is 14.6. The highest BCUT2D eigenvalue weighted by atomic mass is 16.5. The summed E-state index contributed by atoms with van der Waals surface area (Å²) in [6.45, 7) is 9.65. The molecular formula is C34H38N6O2. The van der Waals surface area contributed by atoms with Gasteiger partial charge < -0.3 is 25.0 Å². The van der Waals surface area contributed by atoms with Crippen LogP contribution in [0.2, 0.25) is 0 Å². The first kappa shape index (κ1) is 29.1. The number of aromatic nitrogens is 3. The Morgan fingerprint density at radius 3 is 2.52 bits per heavy atom. The van der Waals surface area contributed by atoms with E-state index < -0.39 is 0 Å². The van der Waals surface area contributed by atoms with E-state index in [0.29, 0.717) is 35.4 Å². The molecule has 1 saturated heterocycles. The molecule has 1 aliphatic rings. The molecule has 0 atom stereocenters. The SMILES string of the molecule is CCN1CCC(c2ncc3cc(Cn4ccccc4=O)c(Oc4ccc(C(=N)/C=C\C(=N)C(C)C)cc4)cc3n2)CC1. The maximum absolute atomic E-state index is 12.5. The van der Waals surface area contributed by atoms with Gasteiger partial charge in [-0.25, -0.2) is 9.97 Å². The highest BCUT2D eigenvalue weighted by molar-refractivity contribution is 6.10. The van der Waals surface area contributed by atoms with Crippen LogP contribution in [-0.4, -0.2) is 50.5 Å². The van der Waals surface area contributed by atoms with Gasteiger partial charge >= 0.3 is 0 Å². The van der Waals surface area contributed by atoms with Gasteiger partial charge in [-0.1, -0.05) is 26.8 Å². The van der Waals surface area contributed by atoms with Crippen molar-refractivity contribution >= 4 is 22.3 Å². The van der Waals surface area contributed by atoms with Crippen LogP contribution in [0.3, 0.4) is 0 Å². The molecule has 0 aliphatic carbocycles. The molecule has 1 aliphatic heterocycles. The number of nitrogens with one attached hydrogen (secondary N) is 2. The van der Waals surface area contributed by atoms with Crippen molar-refractivity contribution < 1.29 is 4.74 Å². The third-order valence-electron chi connectivity index (χ3n) is 7.87. The molecule has 4 aromatic rings. The molecule has 0 bridgehead atoms. The second-order valence-corrected chi connectivity index (χ2v) is 11.1. The zero-order valence-electron chi connectivity index (χ0n) is 24.5. The number of pyridine rings is 1. The molecule has 8 heteroatoms. The van der Waals surface area contributed by atoms with Crippen molar-refractivity contribution in [1.29, 1.82) is 10.8 Å². The number of piperidine rings is 1. The van der Waals surface area contributed by atoms with Crippen LogP contribution in [-0.2, 0) is 6.54 Å². The largest absolute Gasteiger partial charge is 0.457 e. The van der Waals surface area contributed by atoms with Crippen molar-refractivity contribution in [2.75, 3.05) is 19.6 Å². The Hall–Kier alpha value is -4.43. The van der Waals surface area contributed by atoms with E-state index in [1.165, 1.54) is 0 Å². The van der Waals surface area contributed by atoms with Crippen LogP contribution in [0.15, 0.2) is 83.9 Å². The third-order valence-corrected chi connectivity index (χ3v) is 7.87. The van der Waals surface area contributed by atoms with E-state index in [1.54, 1.807) is 35.0 Å². The molecule has 42 heavy (non-hydrogen) atoms. The highest BCUT2D eigenvalue weighted by Gasteiger charge is 2.22. The number of benzene rings is 2. The van der Waals surface area contributed by atoms with Gasteiger partial charge in [0.05, 0.1) is 17.8 Å². The van der Waals surface area contributed by atoms with Crippen molar-refractivity contribution in [3.8, 4) is 11.5 Å². The van der Waals surface area contributed by atoms with Crippen molar-refractivity contribution in [3.63, 3.8) is 0 Å². The van der Waals surface area contributed by atoms with Crippen LogP contribution in [0.25, 0.3) is 10.9 Å². The number of hydrogen-bond acceptors (Lipinski definition) is 7. The molecule has 8 nitrogen and oxygen atoms in total. The summed E-state index contributed by atoms with van der Waals surface area (Å²) in [6.07, 6.45) is 9.08. The molecule has 0 saturated carbocycles. The fourth-order valence-corrected chi connectivity index (χ4v) is 5.11. The number of hydrogen-bond donors (Lipinski definition) is 2. The van der Waals surface area contributed by atoms with Crippen LogP contribution in [0.1, 0.15) is 56.5 Å². The fraction of sp³-hybridized carbons (Fsp3) is 0.324. The molecule has 2 aromatic heterocycles. The Labute approximate surface area is 246 Å². The minimum atomic E-state index is -0.0879. The van der Waals surface area contributed by atoms with Crippen LogP contribution >= 0.6 is 0 Å². The van der Waals surface area contributed by atoms with Crippen molar-refractivity contribution in [2.24, 2.45) is 5.92 Å². The lowest BCUT2D eigenvalue weighted by Gasteiger charge is -2.30. The van der Waals surface area contributed by atoms with Gasteiger partial charge in [-0.2, -0.15) is 0 Å². The summed E-state index contributed by atoms with van der Waals surface area (Å²) in [6, 6.07) is 16.4. The molecule has 2 N–H and O–H groups in total. The summed E-state index contributed by atoms with van der Waals surface area (Å²) in [7, 11) is 0. The highest BCUT2D eigenvalue weighted by Crippen LogP contribution is 2.32. The Balaban J connectivity index is 1.44. The third kappa shape index (κ3) is 6.89. The standard InChI is InChI=1S/C34H38N6O2/c1-4-39-17-14-25(15-18-39)34-37-21-26-19-27(22-40-16-6-5-7-33(40)41)32(20-31(26)38-34)42-28-10-8-24(9-11-28)30(36)13-12-29(35)23(2)3/h5-13,16,19-21,23,25,35-36H,4,14-15,17-18,22H2,1-3H3/b13-12-,35-29?,36-30?. The minimum absolute atomic E-state index is 0.0879. The maximum atomic E-state index is 12.5. The number of ether oxygens (including phenoxy) is 1. The second-order valence-electron chi connectivity index (χ2n) is 11.1. The van der Waals surface area contributed by atoms with E-state index in [-0.39, 0.29) is 11.5 Å². The van der Waals surface area contributed by atoms with Gasteiger partial charge in [0.2, 0.25) is 0 Å². The number of fused-ring (bicyclic) bond motifs is 1. The fourth-order valence-electron chi connectivity index (χ4n) is 5.11. The van der Waals surface area contributed by atoms with E-state index >= 15 is 0 Å². The molecule has 1 fully saturated rings. The summed E-state index contributed by atoms with van der Waals surface area (Å²) >= 11 is 0. The monoisotopic (exact) mass is 562 g/mol. The molecule has 5 rings (SSSR count). The molecule has 0 unspecified atom stereocenters. The molecule has 216 valence electrons. The first-order valence-corrected chi connectivity index (χ1v) is 14.6. The minimum Gasteiger partial charge on any atom is -0.457 e. The van der Waals surface area contributed by atoms with Gasteiger partial charge in [0.25, 0.3) is 5.56 Å². The average Bonchev–Trinajstić information content (AvgIpc) is 3.01. The summed E-state index contributed by atoms with van der Waals surface area (Å²) < 4.78 is 8.05. The van der Waals surface area contributed by atoms with Gasteiger partial charge in [0.15, 0.2) is 0 Å². The smallest absolute Gasteiger partial charge is 0.250 e. The Kier molecular flexibility index (Phi) is 9.03. The second kappa shape index (κ2) is 13.0. The van der Waals surface area contributed by atoms with Gasteiger partial charge in [0, 0.05) is 47.1 Å². The van der Waals surface area contributed by atoms with Crippen LogP contribution in [0.5, 0.6) is 11.5 Å². The van der Waals surface area contributed by atoms with Gasteiger partial charge in [-0.05, 0) is 92.5 Å². The molecule has 3 heterocycles. The Morgan fingerprint density at radius 1 is 1.07 bits per heavy atom. The van der Waals surface area contributed by atoms with E-state index in [0.717, 1.165) is 60.3 Å². The van der Waals surface area contributed by atoms with E-state index in [2.05, 4.69) is 11.8 Å². The van der Waals surface area contributed by atoms with Gasteiger partial charge in [-0.15, -0.1) is 0 Å². The summed E-state index contributed by atoms with van der Waals surface area (Å²) in [4.78, 5) is 24.7. The van der Waals surface area contributed by atoms with Crippen molar-refractivity contribution in [2.45, 2.75) is 46.1 Å². The van der Waals surface area contributed by atoms with Crippen LogP contribution < -0.4 is 10.3 Å². The number of nitrogens with zero attached hydrogens (tertiary/aromatic N) is 4. The van der Waals surface area contributed by atoms with E-state index in [9.17, 15) is 4.79 Å². The van der Waals surface area contributed by atoms with Crippen molar-refractivity contribution in [3.05, 3.63) is 106 Å². The average molecular weight is 563 g/mol. The molecule has 0 spiro atoms.